The van der Waals surface area contributed by atoms with E-state index in [-0.39, 0.29) is 24.6 Å². The summed E-state index contributed by atoms with van der Waals surface area (Å²) in [6.07, 6.45) is -5.72. The first-order chi connectivity index (χ1) is 17.1. The summed E-state index contributed by atoms with van der Waals surface area (Å²) in [4.78, 5) is 11.5. The molecule has 2 heterocycles. The Hall–Kier alpha value is -2.86. The molecule has 0 bridgehead atoms. The fraction of sp³-hybridized carbons (Fsp3) is 0.600. The summed E-state index contributed by atoms with van der Waals surface area (Å²) in [6.45, 7) is 9.20. The minimum atomic E-state index is -1.59. The van der Waals surface area contributed by atoms with E-state index in [9.17, 15) is 20.1 Å². The van der Waals surface area contributed by atoms with Crippen LogP contribution in [0.1, 0.15) is 51.8 Å². The van der Waals surface area contributed by atoms with Gasteiger partial charge in [-0.2, -0.15) is 0 Å². The lowest BCUT2D eigenvalue weighted by Crippen LogP contribution is -2.60. The first kappa shape index (κ1) is 27.7. The Morgan fingerprint density at radius 3 is 2.36 bits per heavy atom. The third-order valence-corrected chi connectivity index (χ3v) is 5.51. The van der Waals surface area contributed by atoms with Crippen LogP contribution in [0.3, 0.4) is 0 Å². The van der Waals surface area contributed by atoms with Crippen LogP contribution in [-0.4, -0.2) is 81.3 Å². The molecular formula is C25H36N2O9. The van der Waals surface area contributed by atoms with Crippen molar-refractivity contribution in [3.63, 3.8) is 0 Å². The summed E-state index contributed by atoms with van der Waals surface area (Å²) in [5.41, 5.74) is 1.72. The maximum absolute atomic E-state index is 11.5. The van der Waals surface area contributed by atoms with E-state index < -0.39 is 43.5 Å². The van der Waals surface area contributed by atoms with Crippen molar-refractivity contribution in [2.75, 3.05) is 13.2 Å². The van der Waals surface area contributed by atoms with Crippen LogP contribution in [0, 0.1) is 0 Å². The van der Waals surface area contributed by atoms with Crippen LogP contribution >= 0.6 is 0 Å². The highest BCUT2D eigenvalue weighted by atomic mass is 16.7. The van der Waals surface area contributed by atoms with Gasteiger partial charge in [0.2, 0.25) is 12.2 Å². The van der Waals surface area contributed by atoms with Gasteiger partial charge in [-0.15, -0.1) is 5.10 Å². The molecule has 0 radical (unpaired) electrons. The molecule has 36 heavy (non-hydrogen) atoms. The molecular weight excluding hydrogens is 472 g/mol. The van der Waals surface area contributed by atoms with Crippen LogP contribution in [0.25, 0.3) is 0 Å². The molecule has 1 saturated heterocycles. The zero-order valence-electron chi connectivity index (χ0n) is 21.2. The average molecular weight is 509 g/mol. The lowest BCUT2D eigenvalue weighted by Gasteiger charge is -2.39. The number of hydrogen-bond acceptors (Lipinski definition) is 10. The Kier molecular flexibility index (Phi) is 9.55. The highest BCUT2D eigenvalue weighted by molar-refractivity contribution is 5.59. The number of benzene rings is 1. The van der Waals surface area contributed by atoms with Crippen LogP contribution in [0.5, 0.6) is 11.6 Å². The molecule has 1 aliphatic rings. The number of nitrogens with zero attached hydrogens (tertiary/aromatic N) is 2. The van der Waals surface area contributed by atoms with E-state index in [4.69, 9.17) is 23.7 Å². The molecule has 0 aliphatic carbocycles. The molecule has 0 unspecified atom stereocenters. The lowest BCUT2D eigenvalue weighted by atomic mass is 9.99. The van der Waals surface area contributed by atoms with Gasteiger partial charge in [-0.3, -0.25) is 4.68 Å². The molecule has 11 heteroatoms. The Morgan fingerprint density at radius 2 is 1.75 bits per heavy atom. The van der Waals surface area contributed by atoms with Gasteiger partial charge < -0.3 is 39.0 Å². The van der Waals surface area contributed by atoms with Crippen molar-refractivity contribution < 1.29 is 43.8 Å². The molecule has 1 aromatic heterocycles. The second-order valence-corrected chi connectivity index (χ2v) is 9.15. The standard InChI is InChI=1S/C25H36N2O9/c1-6-32-25(31)33-13-19-20(28)21(29)22(30)24(35-19)36-23-17(12-27(26-23)14(2)3)11-16-7-9-18(10-8-16)34-15(4)5/h7-10,12,14-15,19-22,24,28-30H,6,11,13H2,1-5H3/t19-,20-,21+,22-,24+/m1/s1. The minimum Gasteiger partial charge on any atom is -0.491 e. The van der Waals surface area contributed by atoms with Crippen molar-refractivity contribution in [1.82, 2.24) is 9.78 Å². The van der Waals surface area contributed by atoms with Crippen molar-refractivity contribution in [2.24, 2.45) is 0 Å². The number of aliphatic hydroxyl groups excluding tert-OH is 3. The maximum Gasteiger partial charge on any atom is 0.508 e. The van der Waals surface area contributed by atoms with Gasteiger partial charge in [-0.1, -0.05) is 12.1 Å². The molecule has 1 fully saturated rings. The van der Waals surface area contributed by atoms with Crippen LogP contribution in [-0.2, 0) is 20.6 Å². The summed E-state index contributed by atoms with van der Waals surface area (Å²) in [5, 5.41) is 35.6. The summed E-state index contributed by atoms with van der Waals surface area (Å²) in [6, 6.07) is 7.72. The third kappa shape index (κ3) is 7.10. The number of hydrogen-bond donors (Lipinski definition) is 3. The highest BCUT2D eigenvalue weighted by Gasteiger charge is 2.46. The molecule has 1 aromatic carbocycles. The van der Waals surface area contributed by atoms with Gasteiger partial charge in [-0.05, 0) is 52.3 Å². The van der Waals surface area contributed by atoms with Gasteiger partial charge in [0.05, 0.1) is 12.7 Å². The largest absolute Gasteiger partial charge is 0.508 e. The van der Waals surface area contributed by atoms with Crippen molar-refractivity contribution in [3.05, 3.63) is 41.6 Å². The van der Waals surface area contributed by atoms with Crippen LogP contribution in [0.2, 0.25) is 0 Å². The minimum absolute atomic E-state index is 0.0401. The molecule has 0 saturated carbocycles. The lowest BCUT2D eigenvalue weighted by molar-refractivity contribution is -0.278. The quantitative estimate of drug-likeness (QED) is 0.409. The smallest absolute Gasteiger partial charge is 0.491 e. The summed E-state index contributed by atoms with van der Waals surface area (Å²) < 4.78 is 28.6. The van der Waals surface area contributed by atoms with Crippen molar-refractivity contribution in [3.8, 4) is 11.6 Å². The van der Waals surface area contributed by atoms with Crippen LogP contribution in [0.15, 0.2) is 30.5 Å². The van der Waals surface area contributed by atoms with E-state index in [0.29, 0.717) is 6.42 Å². The molecule has 200 valence electrons. The number of carbonyl (C=O) groups is 1. The topological polar surface area (TPSA) is 142 Å². The maximum atomic E-state index is 11.5. The molecule has 3 rings (SSSR count). The van der Waals surface area contributed by atoms with Gasteiger partial charge in [0.25, 0.3) is 0 Å². The third-order valence-electron chi connectivity index (χ3n) is 5.51. The van der Waals surface area contributed by atoms with Gasteiger partial charge >= 0.3 is 6.16 Å². The monoisotopic (exact) mass is 508 g/mol. The van der Waals surface area contributed by atoms with Crippen molar-refractivity contribution >= 4 is 6.16 Å². The number of rotatable bonds is 10. The van der Waals surface area contributed by atoms with Crippen LogP contribution in [0.4, 0.5) is 4.79 Å². The molecule has 11 nitrogen and oxygen atoms in total. The number of aliphatic hydroxyl groups is 3. The summed E-state index contributed by atoms with van der Waals surface area (Å²) >= 11 is 0. The van der Waals surface area contributed by atoms with Gasteiger partial charge in [0, 0.05) is 24.2 Å². The van der Waals surface area contributed by atoms with E-state index in [1.54, 1.807) is 11.6 Å². The normalized spacial score (nSPS) is 24.1. The summed E-state index contributed by atoms with van der Waals surface area (Å²) in [7, 11) is 0. The average Bonchev–Trinajstić information content (AvgIpc) is 3.22. The van der Waals surface area contributed by atoms with E-state index >= 15 is 0 Å². The Bertz CT molecular complexity index is 976. The Labute approximate surface area is 210 Å². The molecule has 2 aromatic rings. The van der Waals surface area contributed by atoms with Crippen molar-refractivity contribution in [1.29, 1.82) is 0 Å². The van der Waals surface area contributed by atoms with E-state index in [0.717, 1.165) is 16.9 Å². The fourth-order valence-electron chi connectivity index (χ4n) is 3.65. The molecule has 3 N–H and O–H groups in total. The van der Waals surface area contributed by atoms with Crippen LogP contribution < -0.4 is 9.47 Å². The van der Waals surface area contributed by atoms with E-state index in [1.807, 2.05) is 58.2 Å². The number of aromatic nitrogens is 2. The zero-order chi connectivity index (χ0) is 26.4. The first-order valence-corrected chi connectivity index (χ1v) is 12.1. The fourth-order valence-corrected chi connectivity index (χ4v) is 3.65. The SMILES string of the molecule is CCOC(=O)OC[C@H]1O[C@@H](Oc2nn(C(C)C)cc2Cc2ccc(OC(C)C)cc2)[C@H](O)[C@@H](O)[C@@H]1O. The van der Waals surface area contributed by atoms with E-state index in [1.165, 1.54) is 0 Å². The first-order valence-electron chi connectivity index (χ1n) is 12.1. The summed E-state index contributed by atoms with van der Waals surface area (Å²) in [5.74, 6) is 0.981. The van der Waals surface area contributed by atoms with Crippen molar-refractivity contribution in [2.45, 2.75) is 83.9 Å². The highest BCUT2D eigenvalue weighted by Crippen LogP contribution is 2.28. The predicted octanol–water partition coefficient (Wildman–Crippen LogP) is 2.20. The van der Waals surface area contributed by atoms with Gasteiger partial charge in [-0.25, -0.2) is 4.79 Å². The van der Waals surface area contributed by atoms with E-state index in [2.05, 4.69) is 5.10 Å². The number of ether oxygens (including phenoxy) is 5. The molecule has 1 aliphatic heterocycles. The Balaban J connectivity index is 1.76. The van der Waals surface area contributed by atoms with Gasteiger partial charge in [0.1, 0.15) is 36.8 Å². The zero-order valence-corrected chi connectivity index (χ0v) is 21.2. The molecule has 0 amide bonds. The second-order valence-electron chi connectivity index (χ2n) is 9.15. The van der Waals surface area contributed by atoms with Gasteiger partial charge in [0.15, 0.2) is 0 Å². The second kappa shape index (κ2) is 12.4. The Morgan fingerprint density at radius 1 is 1.06 bits per heavy atom. The number of carbonyl (C=O) groups excluding carboxylic acids is 1. The molecule has 0 spiro atoms. The molecule has 5 atom stereocenters. The predicted molar refractivity (Wildman–Crippen MR) is 128 cm³/mol.